The fourth-order valence-corrected chi connectivity index (χ4v) is 1.93. The number of carbonyl (C=O) groups excluding carboxylic acids is 1. The Morgan fingerprint density at radius 3 is 2.28 bits per heavy atom. The minimum atomic E-state index is -0.0497. The quantitative estimate of drug-likeness (QED) is 0.841. The summed E-state index contributed by atoms with van der Waals surface area (Å²) in [5.41, 5.74) is 2.12. The number of hydrogen-bond donors (Lipinski definition) is 1. The van der Waals surface area contributed by atoms with Gasteiger partial charge in [-0.25, -0.2) is 0 Å². The van der Waals surface area contributed by atoms with Gasteiger partial charge in [0.25, 0.3) is 5.91 Å². The molecule has 0 aliphatic heterocycles. The van der Waals surface area contributed by atoms with Gasteiger partial charge in [-0.15, -0.1) is 0 Å². The Hall–Kier alpha value is -1.51. The average Bonchev–Trinajstić information content (AvgIpc) is 2.35. The van der Waals surface area contributed by atoms with Crippen molar-refractivity contribution in [2.75, 3.05) is 6.61 Å². The zero-order valence-corrected chi connectivity index (χ0v) is 11.7. The zero-order chi connectivity index (χ0) is 13.5. The summed E-state index contributed by atoms with van der Waals surface area (Å²) in [5, 5.41) is 2.96. The van der Waals surface area contributed by atoms with Gasteiger partial charge in [0.2, 0.25) is 0 Å². The van der Waals surface area contributed by atoms with Crippen molar-refractivity contribution < 1.29 is 9.53 Å². The summed E-state index contributed by atoms with van der Waals surface area (Å²) in [6.07, 6.45) is 1.90. The molecule has 1 aromatic rings. The summed E-state index contributed by atoms with van der Waals surface area (Å²) in [7, 11) is 0. The molecule has 3 nitrogen and oxygen atoms in total. The Morgan fingerprint density at radius 2 is 1.78 bits per heavy atom. The van der Waals surface area contributed by atoms with E-state index < -0.39 is 0 Å². The minimum absolute atomic E-state index is 0.0497. The molecule has 3 heteroatoms. The monoisotopic (exact) mass is 249 g/mol. The third-order valence-electron chi connectivity index (χ3n) is 3.11. The Kier molecular flexibility index (Phi) is 5.69. The van der Waals surface area contributed by atoms with E-state index in [1.54, 1.807) is 0 Å². The van der Waals surface area contributed by atoms with E-state index >= 15 is 0 Å². The molecule has 0 unspecified atom stereocenters. The first-order chi connectivity index (χ1) is 8.58. The van der Waals surface area contributed by atoms with Crippen LogP contribution in [0.2, 0.25) is 0 Å². The highest BCUT2D eigenvalue weighted by Gasteiger charge is 2.10. The Morgan fingerprint density at radius 1 is 1.22 bits per heavy atom. The van der Waals surface area contributed by atoms with Crippen LogP contribution in [-0.2, 0) is 4.79 Å². The molecule has 0 saturated carbocycles. The number of rotatable bonds is 6. The van der Waals surface area contributed by atoms with Crippen molar-refractivity contribution in [1.29, 1.82) is 0 Å². The lowest BCUT2D eigenvalue weighted by atomic mass is 10.1. The standard InChI is InChI=1S/C15H23NO2/c1-5-13(6-2)16-14(17)10-18-15-11(3)8-7-9-12(15)4/h7-9,13H,5-6,10H2,1-4H3,(H,16,17). The van der Waals surface area contributed by atoms with E-state index in [-0.39, 0.29) is 18.6 Å². The second kappa shape index (κ2) is 7.04. The number of aryl methyl sites for hydroxylation is 2. The van der Waals surface area contributed by atoms with Gasteiger partial charge in [-0.2, -0.15) is 0 Å². The van der Waals surface area contributed by atoms with E-state index in [0.717, 1.165) is 29.7 Å². The molecule has 1 amide bonds. The van der Waals surface area contributed by atoms with Crippen molar-refractivity contribution in [1.82, 2.24) is 5.32 Å². The maximum atomic E-state index is 11.7. The molecular formula is C15H23NO2. The van der Waals surface area contributed by atoms with Crippen LogP contribution in [-0.4, -0.2) is 18.6 Å². The molecule has 1 N–H and O–H groups in total. The highest BCUT2D eigenvalue weighted by Crippen LogP contribution is 2.21. The van der Waals surface area contributed by atoms with Crippen LogP contribution in [0.1, 0.15) is 37.8 Å². The van der Waals surface area contributed by atoms with E-state index in [9.17, 15) is 4.79 Å². The van der Waals surface area contributed by atoms with Gasteiger partial charge in [-0.05, 0) is 37.8 Å². The predicted octanol–water partition coefficient (Wildman–Crippen LogP) is 2.99. The number of amides is 1. The lowest BCUT2D eigenvalue weighted by Gasteiger charge is -2.16. The van der Waals surface area contributed by atoms with Gasteiger partial charge in [0.05, 0.1) is 0 Å². The third-order valence-corrected chi connectivity index (χ3v) is 3.11. The normalized spacial score (nSPS) is 10.5. The Balaban J connectivity index is 2.52. The molecule has 0 aromatic heterocycles. The SMILES string of the molecule is CCC(CC)NC(=O)COc1c(C)cccc1C. The van der Waals surface area contributed by atoms with Crippen molar-refractivity contribution in [3.8, 4) is 5.75 Å². The lowest BCUT2D eigenvalue weighted by Crippen LogP contribution is -2.37. The maximum absolute atomic E-state index is 11.7. The molecule has 18 heavy (non-hydrogen) atoms. The first-order valence-corrected chi connectivity index (χ1v) is 6.56. The van der Waals surface area contributed by atoms with Crippen LogP contribution in [0.5, 0.6) is 5.75 Å². The summed E-state index contributed by atoms with van der Waals surface area (Å²) in [5.74, 6) is 0.767. The number of nitrogens with one attached hydrogen (secondary N) is 1. The molecule has 0 aliphatic rings. The number of ether oxygens (including phenoxy) is 1. The highest BCUT2D eigenvalue weighted by atomic mass is 16.5. The van der Waals surface area contributed by atoms with Crippen molar-refractivity contribution in [3.63, 3.8) is 0 Å². The molecule has 0 heterocycles. The summed E-state index contributed by atoms with van der Waals surface area (Å²) >= 11 is 0. The fraction of sp³-hybridized carbons (Fsp3) is 0.533. The molecule has 0 atom stereocenters. The Labute approximate surface area is 110 Å². The van der Waals surface area contributed by atoms with Crippen LogP contribution in [0.3, 0.4) is 0 Å². The molecule has 0 radical (unpaired) electrons. The molecule has 0 spiro atoms. The Bertz CT molecular complexity index is 377. The molecule has 100 valence electrons. The van der Waals surface area contributed by atoms with Gasteiger partial charge in [0.1, 0.15) is 5.75 Å². The van der Waals surface area contributed by atoms with Gasteiger partial charge >= 0.3 is 0 Å². The van der Waals surface area contributed by atoms with Gasteiger partial charge in [0, 0.05) is 6.04 Å². The summed E-state index contributed by atoms with van der Waals surface area (Å²) in [6, 6.07) is 6.21. The lowest BCUT2D eigenvalue weighted by molar-refractivity contribution is -0.123. The first-order valence-electron chi connectivity index (χ1n) is 6.56. The van der Waals surface area contributed by atoms with Crippen LogP contribution in [0.25, 0.3) is 0 Å². The van der Waals surface area contributed by atoms with E-state index in [2.05, 4.69) is 19.2 Å². The van der Waals surface area contributed by atoms with Crippen molar-refractivity contribution in [2.45, 2.75) is 46.6 Å². The largest absolute Gasteiger partial charge is 0.483 e. The predicted molar refractivity (Wildman–Crippen MR) is 73.9 cm³/mol. The van der Waals surface area contributed by atoms with Crippen molar-refractivity contribution in [3.05, 3.63) is 29.3 Å². The maximum Gasteiger partial charge on any atom is 0.258 e. The second-order valence-corrected chi connectivity index (χ2v) is 4.59. The summed E-state index contributed by atoms with van der Waals surface area (Å²) in [4.78, 5) is 11.7. The third kappa shape index (κ3) is 4.06. The van der Waals surface area contributed by atoms with Crippen LogP contribution in [0.4, 0.5) is 0 Å². The number of benzene rings is 1. The van der Waals surface area contributed by atoms with E-state index in [4.69, 9.17) is 4.74 Å². The first kappa shape index (κ1) is 14.6. The highest BCUT2D eigenvalue weighted by molar-refractivity contribution is 5.77. The minimum Gasteiger partial charge on any atom is -0.483 e. The van der Waals surface area contributed by atoms with Gasteiger partial charge in [0.15, 0.2) is 6.61 Å². The molecule has 0 bridgehead atoms. The molecule has 1 rings (SSSR count). The summed E-state index contributed by atoms with van der Waals surface area (Å²) in [6.45, 7) is 8.20. The molecule has 0 saturated heterocycles. The zero-order valence-electron chi connectivity index (χ0n) is 11.7. The van der Waals surface area contributed by atoms with E-state index in [1.165, 1.54) is 0 Å². The molecule has 1 aromatic carbocycles. The second-order valence-electron chi connectivity index (χ2n) is 4.59. The smallest absolute Gasteiger partial charge is 0.258 e. The number of para-hydroxylation sites is 1. The van der Waals surface area contributed by atoms with Gasteiger partial charge < -0.3 is 10.1 Å². The molecular weight excluding hydrogens is 226 g/mol. The average molecular weight is 249 g/mol. The summed E-state index contributed by atoms with van der Waals surface area (Å²) < 4.78 is 5.61. The van der Waals surface area contributed by atoms with Gasteiger partial charge in [-0.1, -0.05) is 32.0 Å². The number of hydrogen-bond acceptors (Lipinski definition) is 2. The fourth-order valence-electron chi connectivity index (χ4n) is 1.93. The van der Waals surface area contributed by atoms with Crippen molar-refractivity contribution >= 4 is 5.91 Å². The van der Waals surface area contributed by atoms with E-state index in [1.807, 2.05) is 32.0 Å². The van der Waals surface area contributed by atoms with Crippen LogP contribution in [0.15, 0.2) is 18.2 Å². The molecule has 0 fully saturated rings. The van der Waals surface area contributed by atoms with Crippen molar-refractivity contribution in [2.24, 2.45) is 0 Å². The topological polar surface area (TPSA) is 38.3 Å². The number of carbonyl (C=O) groups is 1. The van der Waals surface area contributed by atoms with Crippen LogP contribution >= 0.6 is 0 Å². The molecule has 0 aliphatic carbocycles. The van der Waals surface area contributed by atoms with Gasteiger partial charge in [-0.3, -0.25) is 4.79 Å². The van der Waals surface area contributed by atoms with Crippen LogP contribution in [0, 0.1) is 13.8 Å². The van der Waals surface area contributed by atoms with E-state index in [0.29, 0.717) is 0 Å². The van der Waals surface area contributed by atoms with Crippen LogP contribution < -0.4 is 10.1 Å².